The van der Waals surface area contributed by atoms with Gasteiger partial charge in [-0.2, -0.15) is 12.7 Å². The average molecular weight is 489 g/mol. The Kier molecular flexibility index (Phi) is 7.85. The van der Waals surface area contributed by atoms with E-state index in [1.807, 2.05) is 0 Å². The van der Waals surface area contributed by atoms with E-state index in [4.69, 9.17) is 0 Å². The highest BCUT2D eigenvalue weighted by atomic mass is 32.2. The summed E-state index contributed by atoms with van der Waals surface area (Å²) in [5, 5.41) is 3.01. The minimum Gasteiger partial charge on any atom is -0.356 e. The SMILES string of the molecule is CN(c1ccc(F)cc1)S(=O)(=O)N1CCC[C@H](C(=O)NCCCN2CCc3ccccc3C2)C1. The zero-order valence-corrected chi connectivity index (χ0v) is 20.4. The quantitative estimate of drug-likeness (QED) is 0.580. The number of nitrogens with zero attached hydrogens (tertiary/aromatic N) is 3. The number of anilines is 1. The Morgan fingerprint density at radius 3 is 2.62 bits per heavy atom. The molecule has 0 saturated carbocycles. The van der Waals surface area contributed by atoms with Crippen molar-refractivity contribution >= 4 is 21.8 Å². The number of carbonyl (C=O) groups is 1. The van der Waals surface area contributed by atoms with E-state index < -0.39 is 16.0 Å². The van der Waals surface area contributed by atoms with Gasteiger partial charge < -0.3 is 5.32 Å². The Morgan fingerprint density at radius 2 is 1.85 bits per heavy atom. The Balaban J connectivity index is 1.24. The number of carbonyl (C=O) groups excluding carboxylic acids is 1. The number of nitrogens with one attached hydrogen (secondary N) is 1. The van der Waals surface area contributed by atoms with Gasteiger partial charge in [-0.1, -0.05) is 24.3 Å². The van der Waals surface area contributed by atoms with E-state index in [0.29, 0.717) is 31.6 Å². The number of amides is 1. The third-order valence-electron chi connectivity index (χ3n) is 6.78. The molecule has 7 nitrogen and oxygen atoms in total. The first-order valence-electron chi connectivity index (χ1n) is 11.9. The molecule has 0 spiro atoms. The van der Waals surface area contributed by atoms with Crippen molar-refractivity contribution in [1.29, 1.82) is 0 Å². The van der Waals surface area contributed by atoms with Gasteiger partial charge >= 0.3 is 10.2 Å². The van der Waals surface area contributed by atoms with Gasteiger partial charge in [0, 0.05) is 46.3 Å². The number of hydrogen-bond donors (Lipinski definition) is 1. The molecular weight excluding hydrogens is 455 g/mol. The summed E-state index contributed by atoms with van der Waals surface area (Å²) in [6, 6.07) is 13.9. The summed E-state index contributed by atoms with van der Waals surface area (Å²) in [6.07, 6.45) is 3.21. The normalized spacial score (nSPS) is 19.4. The van der Waals surface area contributed by atoms with Gasteiger partial charge in [0.25, 0.3) is 0 Å². The predicted molar refractivity (Wildman–Crippen MR) is 131 cm³/mol. The zero-order valence-electron chi connectivity index (χ0n) is 19.6. The number of rotatable bonds is 8. The molecule has 0 radical (unpaired) electrons. The van der Waals surface area contributed by atoms with Crippen LogP contribution < -0.4 is 9.62 Å². The minimum atomic E-state index is -3.80. The molecule has 1 atom stereocenters. The zero-order chi connectivity index (χ0) is 24.1. The lowest BCUT2D eigenvalue weighted by molar-refractivity contribution is -0.126. The maximum atomic E-state index is 13.2. The van der Waals surface area contributed by atoms with E-state index in [1.54, 1.807) is 0 Å². The molecule has 2 aromatic rings. The second-order valence-electron chi connectivity index (χ2n) is 9.09. The lowest BCUT2D eigenvalue weighted by atomic mass is 9.99. The minimum absolute atomic E-state index is 0.0895. The van der Waals surface area contributed by atoms with Crippen LogP contribution in [0.15, 0.2) is 48.5 Å². The topological polar surface area (TPSA) is 73.0 Å². The first-order chi connectivity index (χ1) is 16.3. The van der Waals surface area contributed by atoms with Crippen LogP contribution in [0.1, 0.15) is 30.4 Å². The van der Waals surface area contributed by atoms with E-state index in [2.05, 4.69) is 34.5 Å². The first kappa shape index (κ1) is 24.6. The summed E-state index contributed by atoms with van der Waals surface area (Å²) in [5.41, 5.74) is 3.19. The molecule has 9 heteroatoms. The highest BCUT2D eigenvalue weighted by Crippen LogP contribution is 2.24. The molecule has 1 amide bonds. The fourth-order valence-corrected chi connectivity index (χ4v) is 6.19. The largest absolute Gasteiger partial charge is 0.356 e. The monoisotopic (exact) mass is 488 g/mol. The molecule has 0 aromatic heterocycles. The van der Waals surface area contributed by atoms with Crippen LogP contribution in [0, 0.1) is 11.7 Å². The van der Waals surface area contributed by atoms with Crippen molar-refractivity contribution in [2.75, 3.05) is 44.1 Å². The third-order valence-corrected chi connectivity index (χ3v) is 8.66. The maximum Gasteiger partial charge on any atom is 0.303 e. The summed E-state index contributed by atoms with van der Waals surface area (Å²) < 4.78 is 41.9. The molecule has 2 heterocycles. The van der Waals surface area contributed by atoms with Crippen molar-refractivity contribution in [2.45, 2.75) is 32.2 Å². The third kappa shape index (κ3) is 5.76. The second-order valence-corrected chi connectivity index (χ2v) is 11.0. The van der Waals surface area contributed by atoms with Gasteiger partial charge in [0.2, 0.25) is 5.91 Å². The van der Waals surface area contributed by atoms with Crippen LogP contribution >= 0.6 is 0 Å². The molecule has 0 unspecified atom stereocenters. The molecule has 0 bridgehead atoms. The molecule has 1 saturated heterocycles. The molecule has 1 N–H and O–H groups in total. The van der Waals surface area contributed by atoms with Crippen LogP contribution in [0.2, 0.25) is 0 Å². The summed E-state index contributed by atoms with van der Waals surface area (Å²) in [6.45, 7) is 4.00. The number of hydrogen-bond acceptors (Lipinski definition) is 4. The van der Waals surface area contributed by atoms with Gasteiger partial charge in [-0.05, 0) is 61.1 Å². The van der Waals surface area contributed by atoms with Crippen LogP contribution in [-0.4, -0.2) is 63.3 Å². The number of benzene rings is 2. The molecule has 4 rings (SSSR count). The van der Waals surface area contributed by atoms with Crippen LogP contribution in [0.5, 0.6) is 0 Å². The molecule has 34 heavy (non-hydrogen) atoms. The standard InChI is InChI=1S/C25H33FN4O3S/c1-28(24-11-9-23(26)10-12-24)34(32,33)30-16-4-8-22(19-30)25(31)27-14-5-15-29-17-13-20-6-2-3-7-21(20)18-29/h2-3,6-7,9-12,22H,4-5,8,13-19H2,1H3,(H,27,31)/t22-/m0/s1. The first-order valence-corrected chi connectivity index (χ1v) is 13.3. The number of piperidine rings is 1. The smallest absolute Gasteiger partial charge is 0.303 e. The van der Waals surface area contributed by atoms with E-state index in [0.717, 1.165) is 36.8 Å². The maximum absolute atomic E-state index is 13.2. The second kappa shape index (κ2) is 10.8. The van der Waals surface area contributed by atoms with Gasteiger partial charge in [-0.3, -0.25) is 14.0 Å². The molecule has 0 aliphatic carbocycles. The number of fused-ring (bicyclic) bond motifs is 1. The molecule has 184 valence electrons. The van der Waals surface area contributed by atoms with Crippen molar-refractivity contribution in [3.63, 3.8) is 0 Å². The average Bonchev–Trinajstić information content (AvgIpc) is 2.86. The van der Waals surface area contributed by atoms with E-state index in [9.17, 15) is 17.6 Å². The molecule has 1 fully saturated rings. The summed E-state index contributed by atoms with van der Waals surface area (Å²) in [5.74, 6) is -0.880. The van der Waals surface area contributed by atoms with Gasteiger partial charge in [0.15, 0.2) is 0 Å². The van der Waals surface area contributed by atoms with Gasteiger partial charge in [0.1, 0.15) is 5.82 Å². The van der Waals surface area contributed by atoms with Crippen LogP contribution in [0.3, 0.4) is 0 Å². The summed E-state index contributed by atoms with van der Waals surface area (Å²) in [4.78, 5) is 15.2. The fourth-order valence-electron chi connectivity index (χ4n) is 4.73. The van der Waals surface area contributed by atoms with Crippen molar-refractivity contribution in [2.24, 2.45) is 5.92 Å². The van der Waals surface area contributed by atoms with E-state index in [-0.39, 0.29) is 18.4 Å². The van der Waals surface area contributed by atoms with Crippen LogP contribution in [-0.2, 0) is 28.0 Å². The Bertz CT molecular complexity index is 1090. The Hall–Kier alpha value is -2.49. The number of halogens is 1. The van der Waals surface area contributed by atoms with Gasteiger partial charge in [-0.15, -0.1) is 0 Å². The van der Waals surface area contributed by atoms with Crippen molar-refractivity contribution in [3.05, 3.63) is 65.5 Å². The van der Waals surface area contributed by atoms with Crippen LogP contribution in [0.25, 0.3) is 0 Å². The lowest BCUT2D eigenvalue weighted by Gasteiger charge is -2.34. The molecule has 2 aliphatic rings. The Morgan fingerprint density at radius 1 is 1.12 bits per heavy atom. The van der Waals surface area contributed by atoms with Crippen molar-refractivity contribution < 1.29 is 17.6 Å². The highest BCUT2D eigenvalue weighted by molar-refractivity contribution is 7.90. The van der Waals surface area contributed by atoms with Gasteiger partial charge in [0.05, 0.1) is 11.6 Å². The molecule has 2 aromatic carbocycles. The summed E-state index contributed by atoms with van der Waals surface area (Å²) >= 11 is 0. The summed E-state index contributed by atoms with van der Waals surface area (Å²) in [7, 11) is -2.35. The molecule has 2 aliphatic heterocycles. The van der Waals surface area contributed by atoms with Crippen molar-refractivity contribution in [3.8, 4) is 0 Å². The predicted octanol–water partition coefficient (Wildman–Crippen LogP) is 2.78. The van der Waals surface area contributed by atoms with E-state index in [1.165, 1.54) is 46.7 Å². The van der Waals surface area contributed by atoms with Gasteiger partial charge in [-0.25, -0.2) is 4.39 Å². The van der Waals surface area contributed by atoms with E-state index >= 15 is 0 Å². The Labute approximate surface area is 201 Å². The highest BCUT2D eigenvalue weighted by Gasteiger charge is 2.34. The fraction of sp³-hybridized carbons (Fsp3) is 0.480. The molecular formula is C25H33FN4O3S. The van der Waals surface area contributed by atoms with Crippen molar-refractivity contribution in [1.82, 2.24) is 14.5 Å². The lowest BCUT2D eigenvalue weighted by Crippen LogP contribution is -2.50. The van der Waals surface area contributed by atoms with Crippen LogP contribution in [0.4, 0.5) is 10.1 Å².